The molecule has 1 aliphatic carbocycles. The minimum absolute atomic E-state index is 0.105. The number of fused-ring (bicyclic) bond motifs is 2. The fourth-order valence-electron chi connectivity index (χ4n) is 4.84. The van der Waals surface area contributed by atoms with Crippen LogP contribution in [0.3, 0.4) is 0 Å². The number of aryl methyl sites for hydroxylation is 2. The average Bonchev–Trinajstić information content (AvgIpc) is 3.17. The average molecular weight is 483 g/mol. The summed E-state index contributed by atoms with van der Waals surface area (Å²) in [6.45, 7) is 4.09. The highest BCUT2D eigenvalue weighted by molar-refractivity contribution is 7.16. The lowest BCUT2D eigenvalue weighted by molar-refractivity contribution is 0.102. The second kappa shape index (κ2) is 10.0. The van der Waals surface area contributed by atoms with E-state index in [4.69, 9.17) is 4.99 Å². The Labute approximate surface area is 210 Å². The maximum Gasteiger partial charge on any atom is 0.259 e. The molecule has 5 rings (SSSR count). The van der Waals surface area contributed by atoms with Gasteiger partial charge in [-0.15, -0.1) is 11.3 Å². The summed E-state index contributed by atoms with van der Waals surface area (Å²) in [6, 6.07) is 17.5. The summed E-state index contributed by atoms with van der Waals surface area (Å²) in [5.41, 5.74) is 5.56. The molecule has 1 heterocycles. The van der Waals surface area contributed by atoms with Gasteiger partial charge < -0.3 is 10.4 Å². The van der Waals surface area contributed by atoms with Gasteiger partial charge in [0.2, 0.25) is 0 Å². The van der Waals surface area contributed by atoms with E-state index in [1.54, 1.807) is 23.6 Å². The second-order valence-electron chi connectivity index (χ2n) is 9.28. The molecule has 0 saturated heterocycles. The molecule has 4 nitrogen and oxygen atoms in total. The van der Waals surface area contributed by atoms with Crippen molar-refractivity contribution in [3.05, 3.63) is 87.3 Å². The third kappa shape index (κ3) is 4.73. The van der Waals surface area contributed by atoms with Crippen LogP contribution in [0.15, 0.2) is 59.6 Å². The summed E-state index contributed by atoms with van der Waals surface area (Å²) in [5, 5.41) is 16.4. The third-order valence-corrected chi connectivity index (χ3v) is 8.19. The van der Waals surface area contributed by atoms with Gasteiger partial charge in [0.1, 0.15) is 10.8 Å². The van der Waals surface area contributed by atoms with Crippen LogP contribution in [0.25, 0.3) is 10.8 Å². The number of thiophene rings is 1. The van der Waals surface area contributed by atoms with Gasteiger partial charge in [-0.2, -0.15) is 0 Å². The number of aromatic hydroxyl groups is 1. The van der Waals surface area contributed by atoms with Crippen molar-refractivity contribution in [1.82, 2.24) is 0 Å². The van der Waals surface area contributed by atoms with Crippen LogP contribution >= 0.6 is 11.3 Å². The number of amides is 1. The van der Waals surface area contributed by atoms with E-state index in [0.29, 0.717) is 16.1 Å². The van der Waals surface area contributed by atoms with Crippen molar-refractivity contribution in [1.29, 1.82) is 0 Å². The van der Waals surface area contributed by atoms with Gasteiger partial charge in [0.15, 0.2) is 0 Å². The van der Waals surface area contributed by atoms with Gasteiger partial charge >= 0.3 is 0 Å². The zero-order valence-electron chi connectivity index (χ0n) is 20.2. The Morgan fingerprint density at radius 3 is 2.63 bits per heavy atom. The Balaban J connectivity index is 1.58. The van der Waals surface area contributed by atoms with Crippen LogP contribution in [0.2, 0.25) is 0 Å². The smallest absolute Gasteiger partial charge is 0.259 e. The molecule has 3 aromatic carbocycles. The summed E-state index contributed by atoms with van der Waals surface area (Å²) in [6.07, 6.45) is 8.24. The fraction of sp³-hybridized carbons (Fsp3) is 0.267. The number of carbonyl (C=O) groups is 1. The predicted octanol–water partition coefficient (Wildman–Crippen LogP) is 7.89. The van der Waals surface area contributed by atoms with Gasteiger partial charge in [0.25, 0.3) is 5.91 Å². The van der Waals surface area contributed by atoms with E-state index in [1.165, 1.54) is 17.7 Å². The minimum atomic E-state index is -0.105. The van der Waals surface area contributed by atoms with E-state index in [2.05, 4.69) is 18.3 Å². The number of phenols is 1. The molecule has 2 N–H and O–H groups in total. The van der Waals surface area contributed by atoms with Crippen LogP contribution in [0.1, 0.15) is 63.2 Å². The summed E-state index contributed by atoms with van der Waals surface area (Å²) >= 11 is 1.62. The zero-order chi connectivity index (χ0) is 24.4. The highest BCUT2D eigenvalue weighted by atomic mass is 32.1. The normalized spacial score (nSPS) is 14.0. The van der Waals surface area contributed by atoms with Crippen LogP contribution < -0.4 is 5.32 Å². The number of anilines is 1. The van der Waals surface area contributed by atoms with Crippen molar-refractivity contribution in [2.75, 3.05) is 5.32 Å². The molecule has 4 aromatic rings. The van der Waals surface area contributed by atoms with Gasteiger partial charge in [-0.25, -0.2) is 4.99 Å². The highest BCUT2D eigenvalue weighted by Crippen LogP contribution is 2.40. The molecular weight excluding hydrogens is 452 g/mol. The molecule has 0 unspecified atom stereocenters. The first kappa shape index (κ1) is 23.3. The standard InChI is InChI=1S/C30H30N2O2S/c1-19-10-9-14-25(20(19)2)32-29(34)28-23-13-5-3-4-6-15-27(23)35-30(28)31-18-24-22-12-8-7-11-21(22)16-17-26(24)33/h7-12,14,16-18,33H,3-6,13,15H2,1-2H3,(H,32,34). The number of carbonyl (C=O) groups excluding carboxylic acids is 1. The molecule has 35 heavy (non-hydrogen) atoms. The number of phenolic OH excluding ortho intramolecular Hbond substituents is 1. The molecular formula is C30H30N2O2S. The maximum absolute atomic E-state index is 13.7. The van der Waals surface area contributed by atoms with E-state index < -0.39 is 0 Å². The first-order chi connectivity index (χ1) is 17.0. The molecule has 0 radical (unpaired) electrons. The number of hydrogen-bond donors (Lipinski definition) is 2. The van der Waals surface area contributed by atoms with Crippen molar-refractivity contribution in [3.8, 4) is 5.75 Å². The molecule has 0 atom stereocenters. The number of rotatable bonds is 4. The Hall–Kier alpha value is -3.44. The molecule has 0 saturated carbocycles. The topological polar surface area (TPSA) is 61.7 Å². The van der Waals surface area contributed by atoms with Gasteiger partial charge in [-0.05, 0) is 79.1 Å². The third-order valence-electron chi connectivity index (χ3n) is 6.99. The first-order valence-electron chi connectivity index (χ1n) is 12.3. The van der Waals surface area contributed by atoms with E-state index in [1.807, 2.05) is 49.4 Å². The van der Waals surface area contributed by atoms with Gasteiger partial charge in [0, 0.05) is 22.3 Å². The monoisotopic (exact) mass is 482 g/mol. The van der Waals surface area contributed by atoms with Crippen molar-refractivity contribution in [2.45, 2.75) is 52.4 Å². The fourth-order valence-corrected chi connectivity index (χ4v) is 6.07. The Bertz CT molecular complexity index is 1430. The zero-order valence-corrected chi connectivity index (χ0v) is 21.0. The van der Waals surface area contributed by atoms with Crippen molar-refractivity contribution in [3.63, 3.8) is 0 Å². The molecule has 1 aromatic heterocycles. The second-order valence-corrected chi connectivity index (χ2v) is 10.4. The van der Waals surface area contributed by atoms with Crippen LogP contribution in [-0.2, 0) is 12.8 Å². The maximum atomic E-state index is 13.7. The molecule has 5 heteroatoms. The molecule has 0 spiro atoms. The van der Waals surface area contributed by atoms with Crippen LogP contribution in [-0.4, -0.2) is 17.2 Å². The molecule has 1 amide bonds. The lowest BCUT2D eigenvalue weighted by Gasteiger charge is -2.13. The van der Waals surface area contributed by atoms with Crippen LogP contribution in [0.4, 0.5) is 10.7 Å². The molecule has 0 aliphatic heterocycles. The SMILES string of the molecule is Cc1cccc(NC(=O)c2c(N=Cc3c(O)ccc4ccccc34)sc3c2CCCCCC3)c1C. The molecule has 178 valence electrons. The van der Waals surface area contributed by atoms with Crippen LogP contribution in [0.5, 0.6) is 5.75 Å². The number of aliphatic imine (C=N–C) groups is 1. The number of nitrogens with one attached hydrogen (secondary N) is 1. The summed E-state index contributed by atoms with van der Waals surface area (Å²) < 4.78 is 0. The molecule has 0 fully saturated rings. The Morgan fingerprint density at radius 1 is 0.971 bits per heavy atom. The highest BCUT2D eigenvalue weighted by Gasteiger charge is 2.24. The number of nitrogens with zero attached hydrogens (tertiary/aromatic N) is 1. The van der Waals surface area contributed by atoms with E-state index in [0.717, 1.165) is 58.8 Å². The van der Waals surface area contributed by atoms with E-state index in [9.17, 15) is 9.90 Å². The van der Waals surface area contributed by atoms with E-state index >= 15 is 0 Å². The Kier molecular flexibility index (Phi) is 6.69. The van der Waals surface area contributed by atoms with Gasteiger partial charge in [0.05, 0.1) is 5.56 Å². The summed E-state index contributed by atoms with van der Waals surface area (Å²) in [4.78, 5) is 19.8. The lowest BCUT2D eigenvalue weighted by atomic mass is 9.96. The predicted molar refractivity (Wildman–Crippen MR) is 147 cm³/mol. The minimum Gasteiger partial charge on any atom is -0.507 e. The quantitative estimate of drug-likeness (QED) is 0.291. The number of hydrogen-bond acceptors (Lipinski definition) is 4. The van der Waals surface area contributed by atoms with Gasteiger partial charge in [-0.3, -0.25) is 4.79 Å². The van der Waals surface area contributed by atoms with Crippen molar-refractivity contribution in [2.24, 2.45) is 4.99 Å². The van der Waals surface area contributed by atoms with Crippen molar-refractivity contribution >= 4 is 44.9 Å². The summed E-state index contributed by atoms with van der Waals surface area (Å²) in [7, 11) is 0. The first-order valence-corrected chi connectivity index (χ1v) is 13.1. The largest absolute Gasteiger partial charge is 0.507 e. The number of benzene rings is 3. The van der Waals surface area contributed by atoms with E-state index in [-0.39, 0.29) is 11.7 Å². The lowest BCUT2D eigenvalue weighted by Crippen LogP contribution is -2.15. The summed E-state index contributed by atoms with van der Waals surface area (Å²) in [5.74, 6) is 0.0785. The van der Waals surface area contributed by atoms with Crippen LogP contribution in [0, 0.1) is 13.8 Å². The van der Waals surface area contributed by atoms with Gasteiger partial charge in [-0.1, -0.05) is 55.3 Å². The van der Waals surface area contributed by atoms with Crippen molar-refractivity contribution < 1.29 is 9.90 Å². The molecule has 0 bridgehead atoms. The Morgan fingerprint density at radius 2 is 1.77 bits per heavy atom. The molecule has 1 aliphatic rings.